The van der Waals surface area contributed by atoms with Crippen LogP contribution in [0, 0.1) is 24.7 Å². The topological polar surface area (TPSA) is 229 Å². The highest BCUT2D eigenvalue weighted by molar-refractivity contribution is 7.13. The van der Waals surface area contributed by atoms with Gasteiger partial charge in [-0.05, 0) is 98.3 Å². The molecule has 2 aromatic heterocycles. The Hall–Kier alpha value is -5.68. The summed E-state index contributed by atoms with van der Waals surface area (Å²) in [6.07, 6.45) is 5.49. The highest BCUT2D eigenvalue weighted by Crippen LogP contribution is 2.30. The van der Waals surface area contributed by atoms with E-state index in [9.17, 15) is 28.8 Å². The Balaban J connectivity index is 0.741. The maximum atomic E-state index is 13.9. The predicted molar refractivity (Wildman–Crippen MR) is 313 cm³/mol. The number of rotatable bonds is 32. The molecule has 0 radical (unpaired) electrons. The van der Waals surface area contributed by atoms with Gasteiger partial charge in [0.1, 0.15) is 37.4 Å². The highest BCUT2D eigenvalue weighted by Gasteiger charge is 2.43. The quantitative estimate of drug-likeness (QED) is 0.0356. The summed E-state index contributed by atoms with van der Waals surface area (Å²) in [6.45, 7) is 20.0. The van der Waals surface area contributed by atoms with E-state index in [1.165, 1.54) is 0 Å². The van der Waals surface area contributed by atoms with Gasteiger partial charge in [0.2, 0.25) is 35.4 Å². The largest absolute Gasteiger partial charge is 0.381 e. The highest BCUT2D eigenvalue weighted by atomic mass is 32.1. The van der Waals surface area contributed by atoms with Crippen molar-refractivity contribution in [3.63, 3.8) is 0 Å². The van der Waals surface area contributed by atoms with Crippen LogP contribution in [0.15, 0.2) is 59.6 Å². The van der Waals surface area contributed by atoms with Crippen molar-refractivity contribution in [3.05, 3.63) is 82.1 Å². The zero-order valence-corrected chi connectivity index (χ0v) is 50.4. The molecular formula is C60H86N8O11S2. The molecular weight excluding hydrogens is 1070 g/mol. The number of likely N-dealkylation sites (tertiary alicyclic amines) is 2. The summed E-state index contributed by atoms with van der Waals surface area (Å²) < 4.78 is 28.3. The number of nitrogens with one attached hydrogen (secondary N) is 4. The Morgan fingerprint density at radius 3 is 1.27 bits per heavy atom. The molecule has 6 amide bonds. The van der Waals surface area contributed by atoms with Gasteiger partial charge in [0.15, 0.2) is 0 Å². The number of aromatic nitrogens is 2. The molecule has 2 aliphatic rings. The summed E-state index contributed by atoms with van der Waals surface area (Å²) in [7, 11) is 0. The first-order valence-electron chi connectivity index (χ1n) is 28.4. The number of unbranched alkanes of at least 4 members (excludes halogenated alkanes) is 1. The lowest BCUT2D eigenvalue weighted by Crippen LogP contribution is -2.58. The van der Waals surface area contributed by atoms with Crippen molar-refractivity contribution in [3.8, 4) is 20.9 Å². The number of hydrogen-bond donors (Lipinski definition) is 4. The van der Waals surface area contributed by atoms with E-state index < -0.39 is 46.8 Å². The second-order valence-electron chi connectivity index (χ2n) is 22.8. The van der Waals surface area contributed by atoms with E-state index in [2.05, 4.69) is 31.2 Å². The van der Waals surface area contributed by atoms with E-state index in [4.69, 9.17) is 23.7 Å². The monoisotopic (exact) mass is 1160 g/mol. The van der Waals surface area contributed by atoms with E-state index >= 15 is 0 Å². The van der Waals surface area contributed by atoms with Gasteiger partial charge in [0.05, 0.1) is 45.4 Å². The van der Waals surface area contributed by atoms with Gasteiger partial charge in [-0.25, -0.2) is 9.97 Å². The molecule has 0 saturated carbocycles. The molecule has 4 N–H and O–H groups in total. The van der Waals surface area contributed by atoms with Gasteiger partial charge in [-0.3, -0.25) is 28.8 Å². The van der Waals surface area contributed by atoms with Crippen molar-refractivity contribution >= 4 is 58.1 Å². The number of thiazole rings is 2. The lowest BCUT2D eigenvalue weighted by atomic mass is 9.85. The number of aryl methyl sites for hydroxylation is 2. The van der Waals surface area contributed by atoms with Crippen molar-refractivity contribution in [1.82, 2.24) is 41.0 Å². The minimum Gasteiger partial charge on any atom is -0.381 e. The summed E-state index contributed by atoms with van der Waals surface area (Å²) in [5.41, 5.74) is 8.49. The smallest absolute Gasteiger partial charge is 0.246 e. The fourth-order valence-electron chi connectivity index (χ4n) is 9.65. The SMILES string of the molecule is Cc1ncsc1-c1ccc(CNC(=O)[C@@H]2CCCN2C(=O)[C@@H](NC(=O)COCCCOCCCCOCCCOCCOCC(=O)N[C@H](C(=O)N2CCC[C@H]2C(=O)NCc2ccc(-c3scnc3C)cc2)C(C)(C)C)C(C)(C)C)cc1. The summed E-state index contributed by atoms with van der Waals surface area (Å²) in [5.74, 6) is -1.79. The first-order chi connectivity index (χ1) is 38.8. The molecule has 2 fully saturated rings. The summed E-state index contributed by atoms with van der Waals surface area (Å²) in [4.78, 5) is 94.7. The summed E-state index contributed by atoms with van der Waals surface area (Å²) in [5, 5.41) is 11.8. The molecule has 2 aromatic carbocycles. The molecule has 2 aliphatic heterocycles. The molecule has 2 saturated heterocycles. The number of carbonyl (C=O) groups excluding carboxylic acids is 6. The summed E-state index contributed by atoms with van der Waals surface area (Å²) in [6, 6.07) is 13.2. The lowest BCUT2D eigenvalue weighted by molar-refractivity contribution is -0.144. The Morgan fingerprint density at radius 2 is 0.889 bits per heavy atom. The van der Waals surface area contributed by atoms with Crippen LogP contribution in [0.2, 0.25) is 0 Å². The second-order valence-corrected chi connectivity index (χ2v) is 24.5. The van der Waals surface area contributed by atoms with Crippen LogP contribution < -0.4 is 21.3 Å². The van der Waals surface area contributed by atoms with Crippen LogP contribution in [0.4, 0.5) is 0 Å². The van der Waals surface area contributed by atoms with Crippen molar-refractivity contribution in [2.24, 2.45) is 10.8 Å². The second kappa shape index (κ2) is 32.2. The molecule has 0 aliphatic carbocycles. The van der Waals surface area contributed by atoms with Gasteiger partial charge < -0.3 is 54.8 Å². The Bertz CT molecular complexity index is 2450. The minimum absolute atomic E-state index is 0.193. The number of hydrogen-bond acceptors (Lipinski definition) is 15. The Morgan fingerprint density at radius 1 is 0.531 bits per heavy atom. The maximum Gasteiger partial charge on any atom is 0.246 e. The van der Waals surface area contributed by atoms with Gasteiger partial charge in [-0.1, -0.05) is 90.1 Å². The zero-order valence-electron chi connectivity index (χ0n) is 48.7. The van der Waals surface area contributed by atoms with Gasteiger partial charge in [0.25, 0.3) is 0 Å². The number of carbonyl (C=O) groups is 6. The van der Waals surface area contributed by atoms with Crippen LogP contribution in [-0.4, -0.2) is 159 Å². The van der Waals surface area contributed by atoms with Gasteiger partial charge in [0, 0.05) is 65.8 Å². The molecule has 4 heterocycles. The molecule has 4 aromatic rings. The molecule has 6 rings (SSSR count). The van der Waals surface area contributed by atoms with Crippen LogP contribution in [-0.2, 0) is 65.5 Å². The molecule has 81 heavy (non-hydrogen) atoms. The fraction of sp³-hybridized carbons (Fsp3) is 0.600. The van der Waals surface area contributed by atoms with Gasteiger partial charge in [-0.2, -0.15) is 0 Å². The van der Waals surface area contributed by atoms with Crippen LogP contribution in [0.5, 0.6) is 0 Å². The molecule has 21 heteroatoms. The third-order valence-electron chi connectivity index (χ3n) is 14.2. The lowest BCUT2D eigenvalue weighted by Gasteiger charge is -2.35. The van der Waals surface area contributed by atoms with E-state index in [1.54, 1.807) is 32.5 Å². The van der Waals surface area contributed by atoms with Crippen LogP contribution in [0.3, 0.4) is 0 Å². The van der Waals surface area contributed by atoms with Crippen molar-refractivity contribution in [2.75, 3.05) is 79.2 Å². The van der Waals surface area contributed by atoms with Gasteiger partial charge in [-0.15, -0.1) is 22.7 Å². The van der Waals surface area contributed by atoms with E-state index in [0.29, 0.717) is 111 Å². The molecule has 444 valence electrons. The van der Waals surface area contributed by atoms with E-state index in [1.807, 2.05) is 115 Å². The van der Waals surface area contributed by atoms with Crippen molar-refractivity contribution < 1.29 is 52.5 Å². The number of amides is 6. The fourth-order valence-corrected chi connectivity index (χ4v) is 11.3. The van der Waals surface area contributed by atoms with Crippen molar-refractivity contribution in [2.45, 2.75) is 144 Å². The minimum atomic E-state index is -0.844. The first kappa shape index (κ1) is 64.5. The third kappa shape index (κ3) is 20.3. The van der Waals surface area contributed by atoms with Crippen LogP contribution in [0.1, 0.15) is 115 Å². The molecule has 0 spiro atoms. The number of ether oxygens (including phenoxy) is 5. The normalized spacial score (nSPS) is 16.3. The Kier molecular flexibility index (Phi) is 25.7. The first-order valence-corrected chi connectivity index (χ1v) is 30.2. The van der Waals surface area contributed by atoms with Crippen LogP contribution >= 0.6 is 22.7 Å². The summed E-state index contributed by atoms with van der Waals surface area (Å²) >= 11 is 3.19. The van der Waals surface area contributed by atoms with Crippen LogP contribution in [0.25, 0.3) is 20.9 Å². The van der Waals surface area contributed by atoms with Gasteiger partial charge >= 0.3 is 0 Å². The standard InChI is InChI=1S/C60H86N8O11S2/c1-41-51(80-39-63-41)45-21-17-43(18-22-45)35-61-55(71)47-15-11-25-67(47)57(73)53(59(3,4)5)65-49(69)37-78-32-14-30-76-28-10-9-27-75-29-13-31-77-33-34-79-38-50(70)66-54(60(6,7)8)58(74)68-26-12-16-48(68)56(72)62-36-44-19-23-46(24-20-44)52-42(2)64-40-81-52/h17-24,39-40,47-48,53-54H,9-16,25-38H2,1-8H3,(H,61,71)(H,62,72)(H,65,69)(H,66,70)/t47-,48-,53+,54+/m0/s1. The predicted octanol–water partition coefficient (Wildman–Crippen LogP) is 7.17. The molecule has 0 unspecified atom stereocenters. The molecule has 19 nitrogen and oxygen atoms in total. The average molecular weight is 1160 g/mol. The number of nitrogens with zero attached hydrogens (tertiary/aromatic N) is 4. The van der Waals surface area contributed by atoms with Crippen molar-refractivity contribution in [1.29, 1.82) is 0 Å². The molecule has 4 atom stereocenters. The van der Waals surface area contributed by atoms with E-state index in [-0.39, 0.29) is 43.4 Å². The average Bonchev–Trinajstić information content (AvgIpc) is 4.32. The third-order valence-corrected chi connectivity index (χ3v) is 16.1. The molecule has 0 bridgehead atoms. The Labute approximate surface area is 486 Å². The maximum absolute atomic E-state index is 13.9. The number of benzene rings is 2. The zero-order chi connectivity index (χ0) is 58.4. The van der Waals surface area contributed by atoms with E-state index in [0.717, 1.165) is 56.2 Å².